The first-order chi connectivity index (χ1) is 10.7. The van der Waals surface area contributed by atoms with E-state index in [0.29, 0.717) is 5.69 Å². The molecule has 4 nitrogen and oxygen atoms in total. The van der Waals surface area contributed by atoms with Gasteiger partial charge in [-0.3, -0.25) is 9.78 Å². The Bertz CT molecular complexity index is 636. The molecule has 1 saturated heterocycles. The van der Waals surface area contributed by atoms with Crippen LogP contribution in [0.1, 0.15) is 41.9 Å². The maximum atomic E-state index is 12.4. The Morgan fingerprint density at radius 2 is 1.91 bits per heavy atom. The molecule has 0 aliphatic carbocycles. The summed E-state index contributed by atoms with van der Waals surface area (Å²) in [5.74, 6) is 0.0357. The Hall–Kier alpha value is -2.36. The van der Waals surface area contributed by atoms with Gasteiger partial charge in [-0.1, -0.05) is 30.3 Å². The minimum Gasteiger partial charge on any atom is -0.378 e. The van der Waals surface area contributed by atoms with Crippen molar-refractivity contribution in [2.75, 3.05) is 18.4 Å². The number of carbonyl (C=O) groups is 1. The molecule has 1 aliphatic rings. The number of nitrogens with one attached hydrogen (secondary N) is 1. The van der Waals surface area contributed by atoms with Crippen molar-refractivity contribution in [2.45, 2.75) is 25.8 Å². The summed E-state index contributed by atoms with van der Waals surface area (Å²) in [7, 11) is 0. The van der Waals surface area contributed by atoms with E-state index in [0.717, 1.165) is 31.6 Å². The molecule has 1 N–H and O–H groups in total. The second kappa shape index (κ2) is 6.60. The van der Waals surface area contributed by atoms with Gasteiger partial charge in [0.15, 0.2) is 0 Å². The number of likely N-dealkylation sites (tertiary alicyclic amines) is 1. The number of amides is 1. The fourth-order valence-corrected chi connectivity index (χ4v) is 2.79. The van der Waals surface area contributed by atoms with Crippen LogP contribution in [0, 0.1) is 0 Å². The number of rotatable bonds is 4. The lowest BCUT2D eigenvalue weighted by Gasteiger charge is -2.18. The van der Waals surface area contributed by atoms with Gasteiger partial charge >= 0.3 is 0 Å². The summed E-state index contributed by atoms with van der Waals surface area (Å²) in [6.07, 6.45) is 3.88. The first-order valence-electron chi connectivity index (χ1n) is 7.81. The summed E-state index contributed by atoms with van der Waals surface area (Å²) in [6, 6.07) is 14.2. The molecule has 1 aliphatic heterocycles. The van der Waals surface area contributed by atoms with Crippen molar-refractivity contribution in [1.29, 1.82) is 0 Å². The summed E-state index contributed by atoms with van der Waals surface area (Å²) >= 11 is 0. The van der Waals surface area contributed by atoms with Crippen molar-refractivity contribution in [3.05, 3.63) is 59.9 Å². The van der Waals surface area contributed by atoms with Crippen LogP contribution in [0.5, 0.6) is 0 Å². The Morgan fingerprint density at radius 3 is 2.64 bits per heavy atom. The van der Waals surface area contributed by atoms with Crippen LogP contribution in [0.3, 0.4) is 0 Å². The van der Waals surface area contributed by atoms with E-state index < -0.39 is 0 Å². The molecular formula is C18H21N3O. The van der Waals surface area contributed by atoms with Crippen molar-refractivity contribution < 1.29 is 4.79 Å². The van der Waals surface area contributed by atoms with Gasteiger partial charge < -0.3 is 10.2 Å². The molecule has 3 rings (SSSR count). The third kappa shape index (κ3) is 3.27. The Labute approximate surface area is 131 Å². The van der Waals surface area contributed by atoms with Crippen molar-refractivity contribution in [2.24, 2.45) is 0 Å². The van der Waals surface area contributed by atoms with Gasteiger partial charge in [0.2, 0.25) is 0 Å². The second-order valence-corrected chi connectivity index (χ2v) is 5.71. The third-order valence-corrected chi connectivity index (χ3v) is 4.06. The highest BCUT2D eigenvalue weighted by atomic mass is 16.2. The Morgan fingerprint density at radius 1 is 1.18 bits per heavy atom. The number of anilines is 1. The molecular weight excluding hydrogens is 274 g/mol. The summed E-state index contributed by atoms with van der Waals surface area (Å²) < 4.78 is 0. The van der Waals surface area contributed by atoms with E-state index in [-0.39, 0.29) is 11.9 Å². The summed E-state index contributed by atoms with van der Waals surface area (Å²) in [5.41, 5.74) is 2.66. The standard InChI is InChI=1S/C18H21N3O/c1-14(15-7-3-2-4-8-15)20-16-9-10-19-17(13-16)18(22)21-11-5-6-12-21/h2-4,7-10,13-14H,5-6,11-12H2,1H3,(H,19,20). The monoisotopic (exact) mass is 295 g/mol. The van der Waals surface area contributed by atoms with Crippen molar-refractivity contribution in [1.82, 2.24) is 9.88 Å². The van der Waals surface area contributed by atoms with Gasteiger partial charge in [0.25, 0.3) is 5.91 Å². The summed E-state index contributed by atoms with van der Waals surface area (Å²) in [6.45, 7) is 3.80. The molecule has 0 saturated carbocycles. The zero-order valence-corrected chi connectivity index (χ0v) is 12.8. The minimum atomic E-state index is 0.0357. The van der Waals surface area contributed by atoms with Crippen molar-refractivity contribution >= 4 is 11.6 Å². The SMILES string of the molecule is CC(Nc1ccnc(C(=O)N2CCCC2)c1)c1ccccc1. The molecule has 114 valence electrons. The topological polar surface area (TPSA) is 45.2 Å². The number of aromatic nitrogens is 1. The minimum absolute atomic E-state index is 0.0357. The second-order valence-electron chi connectivity index (χ2n) is 5.71. The molecule has 1 amide bonds. The predicted molar refractivity (Wildman–Crippen MR) is 87.9 cm³/mol. The molecule has 1 fully saturated rings. The average molecular weight is 295 g/mol. The summed E-state index contributed by atoms with van der Waals surface area (Å²) in [5, 5.41) is 3.43. The molecule has 2 aromatic rings. The first-order valence-corrected chi connectivity index (χ1v) is 7.81. The van der Waals surface area contributed by atoms with E-state index in [2.05, 4.69) is 29.4 Å². The molecule has 0 spiro atoms. The normalized spacial score (nSPS) is 15.6. The van der Waals surface area contributed by atoms with Crippen LogP contribution in [-0.2, 0) is 0 Å². The van der Waals surface area contributed by atoms with Gasteiger partial charge in [-0.2, -0.15) is 0 Å². The lowest BCUT2D eigenvalue weighted by Crippen LogP contribution is -2.28. The number of carbonyl (C=O) groups excluding carboxylic acids is 1. The van der Waals surface area contributed by atoms with Gasteiger partial charge in [0, 0.05) is 31.0 Å². The highest BCUT2D eigenvalue weighted by Crippen LogP contribution is 2.20. The van der Waals surface area contributed by atoms with Crippen LogP contribution in [0.2, 0.25) is 0 Å². The zero-order valence-electron chi connectivity index (χ0n) is 12.8. The molecule has 4 heteroatoms. The van der Waals surface area contributed by atoms with Crippen LogP contribution in [0.15, 0.2) is 48.7 Å². The zero-order chi connectivity index (χ0) is 15.4. The predicted octanol–water partition coefficient (Wildman–Crippen LogP) is 3.49. The largest absolute Gasteiger partial charge is 0.378 e. The van der Waals surface area contributed by atoms with Crippen molar-refractivity contribution in [3.63, 3.8) is 0 Å². The van der Waals surface area contributed by atoms with Crippen LogP contribution in [0.4, 0.5) is 5.69 Å². The maximum absolute atomic E-state index is 12.4. The number of pyridine rings is 1. The van der Waals surface area contributed by atoms with Gasteiger partial charge in [0.1, 0.15) is 5.69 Å². The van der Waals surface area contributed by atoms with E-state index in [4.69, 9.17) is 0 Å². The van der Waals surface area contributed by atoms with Crippen LogP contribution < -0.4 is 5.32 Å². The van der Waals surface area contributed by atoms with E-state index in [1.54, 1.807) is 6.20 Å². The van der Waals surface area contributed by atoms with Gasteiger partial charge in [-0.25, -0.2) is 0 Å². The molecule has 1 aromatic carbocycles. The molecule has 1 atom stereocenters. The van der Waals surface area contributed by atoms with Crippen LogP contribution in [0.25, 0.3) is 0 Å². The third-order valence-electron chi connectivity index (χ3n) is 4.06. The molecule has 1 aromatic heterocycles. The first kappa shape index (κ1) is 14.6. The fourth-order valence-electron chi connectivity index (χ4n) is 2.79. The van der Waals surface area contributed by atoms with E-state index in [1.807, 2.05) is 35.2 Å². The van der Waals surface area contributed by atoms with Crippen LogP contribution >= 0.6 is 0 Å². The molecule has 0 radical (unpaired) electrons. The number of nitrogens with zero attached hydrogens (tertiary/aromatic N) is 2. The van der Waals surface area contributed by atoms with Gasteiger partial charge in [0.05, 0.1) is 0 Å². The lowest BCUT2D eigenvalue weighted by molar-refractivity contribution is 0.0787. The van der Waals surface area contributed by atoms with Crippen molar-refractivity contribution in [3.8, 4) is 0 Å². The Balaban J connectivity index is 1.72. The smallest absolute Gasteiger partial charge is 0.272 e. The molecule has 1 unspecified atom stereocenters. The molecule has 2 heterocycles. The lowest BCUT2D eigenvalue weighted by atomic mass is 10.1. The summed E-state index contributed by atoms with van der Waals surface area (Å²) in [4.78, 5) is 18.5. The fraction of sp³-hybridized carbons (Fsp3) is 0.333. The molecule has 0 bridgehead atoms. The average Bonchev–Trinajstić information content (AvgIpc) is 3.09. The van der Waals surface area contributed by atoms with E-state index >= 15 is 0 Å². The van der Waals surface area contributed by atoms with E-state index in [1.165, 1.54) is 5.56 Å². The highest BCUT2D eigenvalue weighted by molar-refractivity contribution is 5.93. The quantitative estimate of drug-likeness (QED) is 0.939. The van der Waals surface area contributed by atoms with Gasteiger partial charge in [-0.05, 0) is 37.5 Å². The number of hydrogen-bond acceptors (Lipinski definition) is 3. The maximum Gasteiger partial charge on any atom is 0.272 e. The van der Waals surface area contributed by atoms with Gasteiger partial charge in [-0.15, -0.1) is 0 Å². The van der Waals surface area contributed by atoms with E-state index in [9.17, 15) is 4.79 Å². The number of benzene rings is 1. The highest BCUT2D eigenvalue weighted by Gasteiger charge is 2.20. The molecule has 22 heavy (non-hydrogen) atoms. The van der Waals surface area contributed by atoms with Crippen LogP contribution in [-0.4, -0.2) is 28.9 Å². The number of hydrogen-bond donors (Lipinski definition) is 1. The Kier molecular flexibility index (Phi) is 4.37.